The van der Waals surface area contributed by atoms with Gasteiger partial charge in [-0.1, -0.05) is 13.8 Å². The van der Waals surface area contributed by atoms with Gasteiger partial charge in [-0.05, 0) is 38.0 Å². The van der Waals surface area contributed by atoms with Gasteiger partial charge in [0.15, 0.2) is 17.3 Å². The Bertz CT molecular complexity index is 458. The molecule has 0 atom stereocenters. The summed E-state index contributed by atoms with van der Waals surface area (Å²) in [5.74, 6) is 0.0708. The number of hydrogen-bond acceptors (Lipinski definition) is 3. The average molecular weight is 281 g/mol. The molecule has 0 aliphatic heterocycles. The van der Waals surface area contributed by atoms with E-state index in [2.05, 4.69) is 32.6 Å². The molecule has 3 nitrogen and oxygen atoms in total. The Labute approximate surface area is 120 Å². The molecule has 0 N–H and O–H groups in total. The summed E-state index contributed by atoms with van der Waals surface area (Å²) in [4.78, 5) is 14.4. The van der Waals surface area contributed by atoms with Gasteiger partial charge in [0.1, 0.15) is 0 Å². The van der Waals surface area contributed by atoms with E-state index in [1.54, 1.807) is 6.07 Å². The molecule has 0 amide bonds. The predicted molar refractivity (Wildman–Crippen MR) is 78.8 cm³/mol. The van der Waals surface area contributed by atoms with Crippen molar-refractivity contribution < 1.29 is 13.9 Å². The smallest absolute Gasteiger partial charge is 0.176 e. The third-order valence-electron chi connectivity index (χ3n) is 3.15. The maximum absolute atomic E-state index is 13.6. The van der Waals surface area contributed by atoms with E-state index in [1.165, 1.54) is 19.2 Å². The maximum Gasteiger partial charge on any atom is 0.176 e. The van der Waals surface area contributed by atoms with Gasteiger partial charge in [-0.3, -0.25) is 9.69 Å². The summed E-state index contributed by atoms with van der Waals surface area (Å²) in [5.41, 5.74) is 0.387. The Morgan fingerprint density at radius 1 is 1.30 bits per heavy atom. The van der Waals surface area contributed by atoms with E-state index in [0.29, 0.717) is 18.0 Å². The van der Waals surface area contributed by atoms with Crippen LogP contribution in [0.5, 0.6) is 5.75 Å². The number of benzene rings is 1. The largest absolute Gasteiger partial charge is 0.494 e. The SMILES string of the molecule is COc1ccc(C(=O)CN(CC(C)C)C(C)C)cc1F. The molecule has 1 rings (SSSR count). The van der Waals surface area contributed by atoms with Crippen LogP contribution in [-0.2, 0) is 0 Å². The normalized spacial score (nSPS) is 11.4. The molecule has 0 aliphatic carbocycles. The second-order valence-corrected chi connectivity index (χ2v) is 5.69. The monoisotopic (exact) mass is 281 g/mol. The number of Topliss-reactive ketones (excluding diaryl/α,β-unsaturated/α-hetero) is 1. The number of hydrogen-bond donors (Lipinski definition) is 0. The van der Waals surface area contributed by atoms with E-state index in [0.717, 1.165) is 6.54 Å². The first kappa shape index (κ1) is 16.6. The minimum Gasteiger partial charge on any atom is -0.494 e. The summed E-state index contributed by atoms with van der Waals surface area (Å²) < 4.78 is 18.5. The zero-order chi connectivity index (χ0) is 15.3. The summed E-state index contributed by atoms with van der Waals surface area (Å²) >= 11 is 0. The minimum absolute atomic E-state index is 0.0686. The number of carbonyl (C=O) groups excluding carboxylic acids is 1. The van der Waals surface area contributed by atoms with E-state index in [4.69, 9.17) is 4.74 Å². The van der Waals surface area contributed by atoms with Crippen molar-refractivity contribution >= 4 is 5.78 Å². The van der Waals surface area contributed by atoms with Gasteiger partial charge in [0.2, 0.25) is 0 Å². The molecule has 0 saturated carbocycles. The van der Waals surface area contributed by atoms with E-state index < -0.39 is 5.82 Å². The fraction of sp³-hybridized carbons (Fsp3) is 0.562. The van der Waals surface area contributed by atoms with Crippen molar-refractivity contribution in [3.05, 3.63) is 29.6 Å². The third-order valence-corrected chi connectivity index (χ3v) is 3.15. The Kier molecular flexibility index (Phi) is 6.14. The number of nitrogens with zero attached hydrogens (tertiary/aromatic N) is 1. The zero-order valence-corrected chi connectivity index (χ0v) is 12.9. The summed E-state index contributed by atoms with van der Waals surface area (Å²) in [6, 6.07) is 4.63. The molecule has 1 aromatic rings. The second-order valence-electron chi connectivity index (χ2n) is 5.69. The molecule has 0 aliphatic rings. The first-order valence-electron chi connectivity index (χ1n) is 6.96. The molecule has 0 spiro atoms. The fourth-order valence-corrected chi connectivity index (χ4v) is 2.04. The van der Waals surface area contributed by atoms with Crippen LogP contribution in [0.3, 0.4) is 0 Å². The van der Waals surface area contributed by atoms with Crippen molar-refractivity contribution in [2.45, 2.75) is 33.7 Å². The maximum atomic E-state index is 13.6. The van der Waals surface area contributed by atoms with Crippen LogP contribution < -0.4 is 4.74 Å². The summed E-state index contributed by atoms with van der Waals surface area (Å²) in [7, 11) is 1.41. The van der Waals surface area contributed by atoms with Crippen LogP contribution in [-0.4, -0.2) is 36.9 Å². The van der Waals surface area contributed by atoms with Crippen molar-refractivity contribution in [2.75, 3.05) is 20.2 Å². The van der Waals surface area contributed by atoms with Crippen LogP contribution in [0.4, 0.5) is 4.39 Å². The summed E-state index contributed by atoms with van der Waals surface area (Å²) in [6.07, 6.45) is 0. The summed E-state index contributed by atoms with van der Waals surface area (Å²) in [6.45, 7) is 9.51. The molecule has 0 saturated heterocycles. The van der Waals surface area contributed by atoms with Gasteiger partial charge >= 0.3 is 0 Å². The Morgan fingerprint density at radius 2 is 1.95 bits per heavy atom. The molecule has 0 aromatic heterocycles. The van der Waals surface area contributed by atoms with Gasteiger partial charge < -0.3 is 4.74 Å². The molecule has 112 valence electrons. The van der Waals surface area contributed by atoms with Gasteiger partial charge in [0.25, 0.3) is 0 Å². The lowest BCUT2D eigenvalue weighted by atomic mass is 10.1. The Morgan fingerprint density at radius 3 is 2.40 bits per heavy atom. The number of ketones is 1. The molecule has 20 heavy (non-hydrogen) atoms. The lowest BCUT2D eigenvalue weighted by molar-refractivity contribution is 0.0892. The molecule has 0 bridgehead atoms. The molecule has 4 heteroatoms. The predicted octanol–water partition coefficient (Wildman–Crippen LogP) is 3.38. The average Bonchev–Trinajstić information content (AvgIpc) is 2.37. The fourth-order valence-electron chi connectivity index (χ4n) is 2.04. The lowest BCUT2D eigenvalue weighted by Gasteiger charge is -2.27. The molecule has 0 fully saturated rings. The lowest BCUT2D eigenvalue weighted by Crippen LogP contribution is -2.38. The number of methoxy groups -OCH3 is 1. The quantitative estimate of drug-likeness (QED) is 0.718. The van der Waals surface area contributed by atoms with E-state index >= 15 is 0 Å². The van der Waals surface area contributed by atoms with Gasteiger partial charge in [-0.15, -0.1) is 0 Å². The van der Waals surface area contributed by atoms with Crippen molar-refractivity contribution in [1.29, 1.82) is 0 Å². The Balaban J connectivity index is 2.81. The van der Waals surface area contributed by atoms with Crippen LogP contribution >= 0.6 is 0 Å². The number of halogens is 1. The number of rotatable bonds is 7. The van der Waals surface area contributed by atoms with Crippen LogP contribution in [0.15, 0.2) is 18.2 Å². The number of carbonyl (C=O) groups is 1. The van der Waals surface area contributed by atoms with Gasteiger partial charge in [0, 0.05) is 18.2 Å². The highest BCUT2D eigenvalue weighted by atomic mass is 19.1. The van der Waals surface area contributed by atoms with Crippen LogP contribution in [0, 0.1) is 11.7 Å². The highest BCUT2D eigenvalue weighted by Gasteiger charge is 2.17. The molecule has 0 unspecified atom stereocenters. The molecule has 0 radical (unpaired) electrons. The van der Waals surface area contributed by atoms with E-state index in [9.17, 15) is 9.18 Å². The first-order valence-corrected chi connectivity index (χ1v) is 6.96. The number of ether oxygens (including phenoxy) is 1. The second kappa shape index (κ2) is 7.39. The molecule has 1 aromatic carbocycles. The van der Waals surface area contributed by atoms with Crippen LogP contribution in [0.1, 0.15) is 38.1 Å². The van der Waals surface area contributed by atoms with Gasteiger partial charge in [-0.2, -0.15) is 0 Å². The van der Waals surface area contributed by atoms with Gasteiger partial charge in [0.05, 0.1) is 13.7 Å². The Hall–Kier alpha value is -1.42. The summed E-state index contributed by atoms with van der Waals surface area (Å²) in [5, 5.41) is 0. The van der Waals surface area contributed by atoms with Gasteiger partial charge in [-0.25, -0.2) is 4.39 Å². The molecular weight excluding hydrogens is 257 g/mol. The van der Waals surface area contributed by atoms with E-state index in [-0.39, 0.29) is 17.6 Å². The minimum atomic E-state index is -0.502. The van der Waals surface area contributed by atoms with Crippen molar-refractivity contribution in [3.63, 3.8) is 0 Å². The van der Waals surface area contributed by atoms with Crippen molar-refractivity contribution in [3.8, 4) is 5.75 Å². The molecule has 0 heterocycles. The molecular formula is C16H24FNO2. The highest BCUT2D eigenvalue weighted by Crippen LogP contribution is 2.18. The van der Waals surface area contributed by atoms with Crippen molar-refractivity contribution in [2.24, 2.45) is 5.92 Å². The standard InChI is InChI=1S/C16H24FNO2/c1-11(2)9-18(12(3)4)10-15(19)13-6-7-16(20-5)14(17)8-13/h6-8,11-12H,9-10H2,1-5H3. The topological polar surface area (TPSA) is 29.5 Å². The zero-order valence-electron chi connectivity index (χ0n) is 12.9. The highest BCUT2D eigenvalue weighted by molar-refractivity contribution is 5.97. The van der Waals surface area contributed by atoms with Crippen LogP contribution in [0.25, 0.3) is 0 Å². The van der Waals surface area contributed by atoms with Crippen molar-refractivity contribution in [1.82, 2.24) is 4.90 Å². The van der Waals surface area contributed by atoms with Crippen LogP contribution in [0.2, 0.25) is 0 Å². The van der Waals surface area contributed by atoms with E-state index in [1.807, 2.05) is 0 Å². The first-order chi connectivity index (χ1) is 9.35. The third kappa shape index (κ3) is 4.60.